The fourth-order valence-corrected chi connectivity index (χ4v) is 2.06. The molecule has 0 saturated carbocycles. The van der Waals surface area contributed by atoms with Crippen molar-refractivity contribution in [3.63, 3.8) is 0 Å². The molecule has 2 unspecified atom stereocenters. The van der Waals surface area contributed by atoms with Crippen molar-refractivity contribution in [2.45, 2.75) is 47.1 Å². The maximum Gasteiger partial charge on any atom is 0.130 e. The maximum absolute atomic E-state index is 5.89. The van der Waals surface area contributed by atoms with E-state index in [1.165, 1.54) is 5.70 Å². The summed E-state index contributed by atoms with van der Waals surface area (Å²) in [7, 11) is 0. The van der Waals surface area contributed by atoms with Gasteiger partial charge >= 0.3 is 0 Å². The Morgan fingerprint density at radius 3 is 2.65 bits per heavy atom. The molecule has 20 heavy (non-hydrogen) atoms. The van der Waals surface area contributed by atoms with Crippen LogP contribution in [0, 0.1) is 5.92 Å². The van der Waals surface area contributed by atoms with Crippen LogP contribution in [0.2, 0.25) is 0 Å². The summed E-state index contributed by atoms with van der Waals surface area (Å²) in [5.41, 5.74) is 2.29. The predicted molar refractivity (Wildman–Crippen MR) is 87.3 cm³/mol. The molecule has 0 saturated heterocycles. The Morgan fingerprint density at radius 2 is 2.05 bits per heavy atom. The van der Waals surface area contributed by atoms with Gasteiger partial charge in [-0.3, -0.25) is 0 Å². The van der Waals surface area contributed by atoms with Gasteiger partial charge in [0.2, 0.25) is 0 Å². The van der Waals surface area contributed by atoms with Crippen LogP contribution >= 0.6 is 0 Å². The molecule has 0 spiro atoms. The van der Waals surface area contributed by atoms with Crippen molar-refractivity contribution in [2.75, 3.05) is 0 Å². The molecule has 0 fully saturated rings. The molecule has 1 N–H and O–H groups in total. The first kappa shape index (κ1) is 16.4. The summed E-state index contributed by atoms with van der Waals surface area (Å²) < 4.78 is 5.89. The Bertz CT molecular complexity index is 493. The summed E-state index contributed by atoms with van der Waals surface area (Å²) in [6.45, 7) is 14.4. The van der Waals surface area contributed by atoms with Crippen molar-refractivity contribution >= 4 is 5.57 Å². The zero-order chi connectivity index (χ0) is 15.1. The van der Waals surface area contributed by atoms with E-state index >= 15 is 0 Å². The third-order valence-electron chi connectivity index (χ3n) is 3.43. The van der Waals surface area contributed by atoms with Gasteiger partial charge in [-0.15, -0.1) is 0 Å². The molecule has 1 aromatic rings. The molecular formula is C18H27NO. The van der Waals surface area contributed by atoms with Crippen LogP contribution in [0.25, 0.3) is 5.57 Å². The van der Waals surface area contributed by atoms with Gasteiger partial charge in [-0.2, -0.15) is 0 Å². The Hall–Kier alpha value is -1.70. The lowest BCUT2D eigenvalue weighted by Gasteiger charge is -2.14. The molecule has 0 aliphatic heterocycles. The number of nitrogens with one attached hydrogen (secondary N) is 1. The van der Waals surface area contributed by atoms with Crippen LogP contribution in [0.4, 0.5) is 0 Å². The highest BCUT2D eigenvalue weighted by Crippen LogP contribution is 2.22. The highest BCUT2D eigenvalue weighted by atomic mass is 16.3. The smallest absolute Gasteiger partial charge is 0.130 e. The van der Waals surface area contributed by atoms with Crippen molar-refractivity contribution in [1.82, 2.24) is 5.32 Å². The van der Waals surface area contributed by atoms with E-state index < -0.39 is 0 Å². The minimum atomic E-state index is 0.167. The molecule has 2 atom stereocenters. The second-order valence-electron chi connectivity index (χ2n) is 5.39. The SMILES string of the molecule is C=C/C=C(\C)c1ccc(C(C)N/C(C)=C\C(C)CC)o1. The average molecular weight is 273 g/mol. The van der Waals surface area contributed by atoms with E-state index in [1.807, 2.05) is 25.1 Å². The summed E-state index contributed by atoms with van der Waals surface area (Å²) >= 11 is 0. The second-order valence-corrected chi connectivity index (χ2v) is 5.39. The molecule has 1 rings (SSSR count). The number of rotatable bonds is 7. The van der Waals surface area contributed by atoms with Crippen LogP contribution < -0.4 is 5.32 Å². The molecule has 0 aromatic carbocycles. The lowest BCUT2D eigenvalue weighted by atomic mass is 10.1. The molecular weight excluding hydrogens is 246 g/mol. The molecule has 0 aliphatic rings. The van der Waals surface area contributed by atoms with Gasteiger partial charge in [-0.1, -0.05) is 45.1 Å². The van der Waals surface area contributed by atoms with Gasteiger partial charge in [-0.05, 0) is 44.4 Å². The molecule has 1 aromatic heterocycles. The molecule has 110 valence electrons. The molecule has 0 aliphatic carbocycles. The zero-order valence-electron chi connectivity index (χ0n) is 13.4. The number of furan rings is 1. The molecule has 0 amide bonds. The average Bonchev–Trinajstić information content (AvgIpc) is 2.88. The minimum absolute atomic E-state index is 0.167. The minimum Gasteiger partial charge on any atom is -0.459 e. The van der Waals surface area contributed by atoms with Crippen molar-refractivity contribution < 1.29 is 4.42 Å². The Labute approximate surface area is 123 Å². The van der Waals surface area contributed by atoms with E-state index in [0.29, 0.717) is 5.92 Å². The van der Waals surface area contributed by atoms with E-state index in [4.69, 9.17) is 4.42 Å². The fraction of sp³-hybridized carbons (Fsp3) is 0.444. The first-order valence-electron chi connectivity index (χ1n) is 7.32. The maximum atomic E-state index is 5.89. The van der Waals surface area contributed by atoms with E-state index in [1.54, 1.807) is 6.08 Å². The van der Waals surface area contributed by atoms with Gasteiger partial charge in [0.1, 0.15) is 11.5 Å². The van der Waals surface area contributed by atoms with E-state index in [-0.39, 0.29) is 6.04 Å². The fourth-order valence-electron chi connectivity index (χ4n) is 2.06. The van der Waals surface area contributed by atoms with Gasteiger partial charge in [0.25, 0.3) is 0 Å². The third-order valence-corrected chi connectivity index (χ3v) is 3.43. The molecule has 1 heterocycles. The van der Waals surface area contributed by atoms with Crippen LogP contribution in [-0.2, 0) is 0 Å². The number of hydrogen-bond acceptors (Lipinski definition) is 2. The van der Waals surface area contributed by atoms with Crippen LogP contribution in [0.15, 0.2) is 47.1 Å². The zero-order valence-corrected chi connectivity index (χ0v) is 13.4. The molecule has 0 bridgehead atoms. The Balaban J connectivity index is 2.74. The summed E-state index contributed by atoms with van der Waals surface area (Å²) in [5, 5.41) is 3.47. The van der Waals surface area contributed by atoms with Gasteiger partial charge < -0.3 is 9.73 Å². The number of allylic oxidation sites excluding steroid dienone is 5. The van der Waals surface area contributed by atoms with Crippen LogP contribution in [0.5, 0.6) is 0 Å². The predicted octanol–water partition coefficient (Wildman–Crippen LogP) is 5.47. The Morgan fingerprint density at radius 1 is 1.35 bits per heavy atom. The Kier molecular flexibility index (Phi) is 6.37. The quantitative estimate of drug-likeness (QED) is 0.666. The second kappa shape index (κ2) is 7.78. The van der Waals surface area contributed by atoms with Gasteiger partial charge in [0.05, 0.1) is 6.04 Å². The first-order valence-corrected chi connectivity index (χ1v) is 7.32. The highest BCUT2D eigenvalue weighted by Gasteiger charge is 2.11. The molecule has 2 heteroatoms. The lowest BCUT2D eigenvalue weighted by molar-refractivity contribution is 0.442. The van der Waals surface area contributed by atoms with Gasteiger partial charge in [-0.25, -0.2) is 0 Å². The summed E-state index contributed by atoms with van der Waals surface area (Å²) in [5.74, 6) is 2.45. The van der Waals surface area contributed by atoms with Crippen LogP contribution in [-0.4, -0.2) is 0 Å². The normalized spacial score (nSPS) is 15.8. The first-order chi connectivity index (χ1) is 9.47. The lowest BCUT2D eigenvalue weighted by Crippen LogP contribution is -2.16. The van der Waals surface area contributed by atoms with Crippen molar-refractivity contribution in [3.8, 4) is 0 Å². The highest BCUT2D eigenvalue weighted by molar-refractivity contribution is 5.60. The van der Waals surface area contributed by atoms with E-state index in [2.05, 4.69) is 45.7 Å². The van der Waals surface area contributed by atoms with Crippen LogP contribution in [0.3, 0.4) is 0 Å². The largest absolute Gasteiger partial charge is 0.459 e. The van der Waals surface area contributed by atoms with Crippen LogP contribution in [0.1, 0.15) is 58.6 Å². The summed E-state index contributed by atoms with van der Waals surface area (Å²) in [4.78, 5) is 0. The number of hydrogen-bond donors (Lipinski definition) is 1. The summed E-state index contributed by atoms with van der Waals surface area (Å²) in [6.07, 6.45) is 7.15. The molecule has 2 nitrogen and oxygen atoms in total. The van der Waals surface area contributed by atoms with Crippen molar-refractivity contribution in [2.24, 2.45) is 5.92 Å². The monoisotopic (exact) mass is 273 g/mol. The summed E-state index contributed by atoms with van der Waals surface area (Å²) in [6, 6.07) is 4.21. The standard InChI is InChI=1S/C18H27NO/c1-7-9-14(4)17-10-11-18(20-17)16(6)19-15(5)12-13(3)8-2/h7,9-13,16,19H,1,8H2,2-6H3/b14-9+,15-12-. The molecule has 0 radical (unpaired) electrons. The van der Waals surface area contributed by atoms with Crippen molar-refractivity contribution in [3.05, 3.63) is 54.2 Å². The van der Waals surface area contributed by atoms with Gasteiger partial charge in [0, 0.05) is 5.70 Å². The third kappa shape index (κ3) is 4.76. The van der Waals surface area contributed by atoms with Crippen molar-refractivity contribution in [1.29, 1.82) is 0 Å². The van der Waals surface area contributed by atoms with Gasteiger partial charge in [0.15, 0.2) is 0 Å². The van der Waals surface area contributed by atoms with E-state index in [9.17, 15) is 0 Å². The topological polar surface area (TPSA) is 25.2 Å². The van der Waals surface area contributed by atoms with E-state index in [0.717, 1.165) is 23.5 Å².